The lowest BCUT2D eigenvalue weighted by atomic mass is 10.0. The van der Waals surface area contributed by atoms with Gasteiger partial charge in [0.1, 0.15) is 0 Å². The summed E-state index contributed by atoms with van der Waals surface area (Å²) in [5.41, 5.74) is -0.560. The Kier molecular flexibility index (Phi) is 4.31. The Labute approximate surface area is 96.7 Å². The summed E-state index contributed by atoms with van der Waals surface area (Å²) in [6.45, 7) is 0. The molecule has 92 valence electrons. The van der Waals surface area contributed by atoms with E-state index in [-0.39, 0.29) is 12.0 Å². The maximum atomic E-state index is 12.6. The second-order valence-corrected chi connectivity index (χ2v) is 3.28. The number of alkyl halides is 3. The van der Waals surface area contributed by atoms with Crippen LogP contribution in [0.3, 0.4) is 0 Å². The molecule has 0 saturated carbocycles. The first-order chi connectivity index (χ1) is 7.95. The predicted octanol–water partition coefficient (Wildman–Crippen LogP) is 2.98. The molecule has 1 aromatic carbocycles. The number of halogens is 3. The maximum absolute atomic E-state index is 12.6. The number of carbonyl (C=O) groups is 1. The fourth-order valence-electron chi connectivity index (χ4n) is 1.33. The molecule has 17 heavy (non-hydrogen) atoms. The number of hydrogen-bond donors (Lipinski definition) is 0. The van der Waals surface area contributed by atoms with E-state index in [1.165, 1.54) is 31.4 Å². The van der Waals surface area contributed by atoms with Gasteiger partial charge >= 0.3 is 12.1 Å². The summed E-state index contributed by atoms with van der Waals surface area (Å²) in [5.74, 6) is -0.588. The molecule has 0 aliphatic rings. The van der Waals surface area contributed by atoms with Gasteiger partial charge < -0.3 is 4.74 Å². The van der Waals surface area contributed by atoms with Crippen LogP contribution in [0.15, 0.2) is 36.4 Å². The lowest BCUT2D eigenvalue weighted by Gasteiger charge is -2.10. The highest BCUT2D eigenvalue weighted by Gasteiger charge is 2.32. The third-order valence-electron chi connectivity index (χ3n) is 2.12. The third-order valence-corrected chi connectivity index (χ3v) is 2.12. The molecule has 0 N–H and O–H groups in total. The van der Waals surface area contributed by atoms with Crippen molar-refractivity contribution in [2.24, 2.45) is 0 Å². The van der Waals surface area contributed by atoms with Crippen LogP contribution in [0.25, 0.3) is 0 Å². The van der Waals surface area contributed by atoms with Gasteiger partial charge in [-0.3, -0.25) is 0 Å². The van der Waals surface area contributed by atoms with Crippen molar-refractivity contribution >= 4 is 5.97 Å². The van der Waals surface area contributed by atoms with E-state index in [1.807, 2.05) is 0 Å². The number of ether oxygens (including phenoxy) is 1. The molecule has 0 aliphatic carbocycles. The minimum atomic E-state index is -4.38. The molecule has 0 saturated heterocycles. The summed E-state index contributed by atoms with van der Waals surface area (Å²) in [5, 5.41) is 0. The molecule has 0 heterocycles. The standard InChI is InChI=1S/C12H11F3O2/c1-17-11(16)8-4-6-9-5-2-3-7-10(9)12(13,14)15/h2-5,7-8H,6H2,1H3. The van der Waals surface area contributed by atoms with Crippen LogP contribution < -0.4 is 0 Å². The number of carbonyl (C=O) groups excluding carboxylic acids is 1. The molecule has 0 radical (unpaired) electrons. The van der Waals surface area contributed by atoms with Gasteiger partial charge in [0.05, 0.1) is 12.7 Å². The quantitative estimate of drug-likeness (QED) is 0.603. The largest absolute Gasteiger partial charge is 0.466 e. The first-order valence-electron chi connectivity index (χ1n) is 4.84. The van der Waals surface area contributed by atoms with Crippen molar-refractivity contribution in [1.29, 1.82) is 0 Å². The highest BCUT2D eigenvalue weighted by atomic mass is 19.4. The Morgan fingerprint density at radius 2 is 2.00 bits per heavy atom. The molecule has 0 aliphatic heterocycles. The number of esters is 1. The minimum Gasteiger partial charge on any atom is -0.466 e. The molecule has 0 atom stereocenters. The molecule has 0 aromatic heterocycles. The molecule has 2 nitrogen and oxygen atoms in total. The van der Waals surface area contributed by atoms with E-state index in [0.717, 1.165) is 12.1 Å². The van der Waals surface area contributed by atoms with Gasteiger partial charge in [0.15, 0.2) is 0 Å². The van der Waals surface area contributed by atoms with E-state index in [0.29, 0.717) is 0 Å². The second kappa shape index (κ2) is 5.52. The van der Waals surface area contributed by atoms with E-state index < -0.39 is 17.7 Å². The van der Waals surface area contributed by atoms with Crippen LogP contribution in [0, 0.1) is 0 Å². The minimum absolute atomic E-state index is 0.0325. The van der Waals surface area contributed by atoms with Crippen LogP contribution in [0.2, 0.25) is 0 Å². The fraction of sp³-hybridized carbons (Fsp3) is 0.250. The van der Waals surface area contributed by atoms with Crippen LogP contribution in [0.5, 0.6) is 0 Å². The van der Waals surface area contributed by atoms with Crippen LogP contribution in [-0.4, -0.2) is 13.1 Å². The normalized spacial score (nSPS) is 11.8. The first kappa shape index (κ1) is 13.3. The zero-order valence-corrected chi connectivity index (χ0v) is 9.12. The Balaban J connectivity index is 2.85. The molecule has 0 fully saturated rings. The number of hydrogen-bond acceptors (Lipinski definition) is 2. The zero-order valence-electron chi connectivity index (χ0n) is 9.12. The number of benzene rings is 1. The monoisotopic (exact) mass is 244 g/mol. The van der Waals surface area contributed by atoms with E-state index in [9.17, 15) is 18.0 Å². The van der Waals surface area contributed by atoms with Crippen molar-refractivity contribution in [2.45, 2.75) is 12.6 Å². The molecule has 5 heteroatoms. The van der Waals surface area contributed by atoms with Gasteiger partial charge in [-0.25, -0.2) is 4.79 Å². The lowest BCUT2D eigenvalue weighted by Crippen LogP contribution is -2.08. The average Bonchev–Trinajstić information content (AvgIpc) is 2.28. The van der Waals surface area contributed by atoms with Crippen molar-refractivity contribution in [1.82, 2.24) is 0 Å². The number of rotatable bonds is 3. The van der Waals surface area contributed by atoms with Gasteiger partial charge in [-0.05, 0) is 18.1 Å². The van der Waals surface area contributed by atoms with Crippen LogP contribution in [0.4, 0.5) is 13.2 Å². The van der Waals surface area contributed by atoms with E-state index in [4.69, 9.17) is 0 Å². The van der Waals surface area contributed by atoms with Crippen LogP contribution in [0.1, 0.15) is 11.1 Å². The Bertz CT molecular complexity index is 422. The molecule has 0 unspecified atom stereocenters. The maximum Gasteiger partial charge on any atom is 0.416 e. The SMILES string of the molecule is COC(=O)C=CCc1ccccc1C(F)(F)F. The summed E-state index contributed by atoms with van der Waals surface area (Å²) < 4.78 is 42.1. The summed E-state index contributed by atoms with van der Waals surface area (Å²) in [4.78, 5) is 10.8. The Morgan fingerprint density at radius 3 is 2.59 bits per heavy atom. The van der Waals surface area contributed by atoms with Crippen molar-refractivity contribution in [3.8, 4) is 0 Å². The molecule has 0 spiro atoms. The molecule has 0 amide bonds. The van der Waals surface area contributed by atoms with Gasteiger partial charge in [0.25, 0.3) is 0 Å². The smallest absolute Gasteiger partial charge is 0.416 e. The number of allylic oxidation sites excluding steroid dienone is 1. The molecule has 1 aromatic rings. The van der Waals surface area contributed by atoms with Gasteiger partial charge in [0, 0.05) is 6.08 Å². The summed E-state index contributed by atoms with van der Waals surface area (Å²) in [6.07, 6.45) is -1.90. The zero-order chi connectivity index (χ0) is 12.9. The molecular formula is C12H11F3O2. The Hall–Kier alpha value is -1.78. The highest BCUT2D eigenvalue weighted by molar-refractivity contribution is 5.81. The fourth-order valence-corrected chi connectivity index (χ4v) is 1.33. The molecular weight excluding hydrogens is 233 g/mol. The molecule has 1 rings (SSSR count). The summed E-state index contributed by atoms with van der Waals surface area (Å²) in [7, 11) is 1.20. The van der Waals surface area contributed by atoms with Crippen molar-refractivity contribution in [3.05, 3.63) is 47.5 Å². The highest BCUT2D eigenvalue weighted by Crippen LogP contribution is 2.32. The Morgan fingerprint density at radius 1 is 1.35 bits per heavy atom. The van der Waals surface area contributed by atoms with Crippen molar-refractivity contribution in [3.63, 3.8) is 0 Å². The van der Waals surface area contributed by atoms with E-state index in [2.05, 4.69) is 4.74 Å². The summed E-state index contributed by atoms with van der Waals surface area (Å²) >= 11 is 0. The van der Waals surface area contributed by atoms with Crippen LogP contribution >= 0.6 is 0 Å². The second-order valence-electron chi connectivity index (χ2n) is 3.28. The number of methoxy groups -OCH3 is 1. The van der Waals surface area contributed by atoms with Crippen LogP contribution in [-0.2, 0) is 22.1 Å². The first-order valence-corrected chi connectivity index (χ1v) is 4.84. The van der Waals surface area contributed by atoms with Gasteiger partial charge in [-0.15, -0.1) is 0 Å². The van der Waals surface area contributed by atoms with Crippen molar-refractivity contribution < 1.29 is 22.7 Å². The molecule has 0 bridgehead atoms. The van der Waals surface area contributed by atoms with Crippen molar-refractivity contribution in [2.75, 3.05) is 7.11 Å². The van der Waals surface area contributed by atoms with Gasteiger partial charge in [-0.1, -0.05) is 24.3 Å². The predicted molar refractivity (Wildman–Crippen MR) is 56.3 cm³/mol. The average molecular weight is 244 g/mol. The summed E-state index contributed by atoms with van der Waals surface area (Å²) in [6, 6.07) is 5.25. The van der Waals surface area contributed by atoms with E-state index >= 15 is 0 Å². The van der Waals surface area contributed by atoms with Gasteiger partial charge in [0.2, 0.25) is 0 Å². The van der Waals surface area contributed by atoms with E-state index in [1.54, 1.807) is 0 Å². The topological polar surface area (TPSA) is 26.3 Å². The third kappa shape index (κ3) is 3.94. The van der Waals surface area contributed by atoms with Gasteiger partial charge in [-0.2, -0.15) is 13.2 Å². The lowest BCUT2D eigenvalue weighted by molar-refractivity contribution is -0.138.